The number of nitrogens with zero attached hydrogens (tertiary/aromatic N) is 1. The van der Waals surface area contributed by atoms with E-state index in [4.69, 9.17) is 27.9 Å². The molecule has 0 aliphatic rings. The lowest BCUT2D eigenvalue weighted by Crippen LogP contribution is -2.32. The van der Waals surface area contributed by atoms with Crippen molar-refractivity contribution in [2.45, 2.75) is 6.42 Å². The predicted molar refractivity (Wildman–Crippen MR) is 100 cm³/mol. The van der Waals surface area contributed by atoms with E-state index in [9.17, 15) is 18.4 Å². The fourth-order valence-corrected chi connectivity index (χ4v) is 2.25. The first kappa shape index (κ1) is 21.6. The third-order valence-electron chi connectivity index (χ3n) is 3.32. The van der Waals surface area contributed by atoms with Gasteiger partial charge in [0.15, 0.2) is 18.1 Å². The molecule has 0 saturated carbocycles. The van der Waals surface area contributed by atoms with Gasteiger partial charge in [0, 0.05) is 30.9 Å². The van der Waals surface area contributed by atoms with Crippen LogP contribution in [0.25, 0.3) is 0 Å². The summed E-state index contributed by atoms with van der Waals surface area (Å²) in [4.78, 5) is 27.3. The zero-order chi connectivity index (χ0) is 20.7. The minimum Gasteiger partial charge on any atom is -0.484 e. The van der Waals surface area contributed by atoms with Crippen LogP contribution in [0.15, 0.2) is 42.7 Å². The Bertz CT molecular complexity index is 910. The molecule has 2 amide bonds. The summed E-state index contributed by atoms with van der Waals surface area (Å²) in [7, 11) is 0. The average Bonchev–Trinajstić information content (AvgIpc) is 2.62. The normalized spacial score (nSPS) is 10.3. The van der Waals surface area contributed by atoms with Crippen molar-refractivity contribution in [3.05, 3.63) is 70.1 Å². The molecule has 0 bridgehead atoms. The van der Waals surface area contributed by atoms with E-state index in [-0.39, 0.29) is 41.1 Å². The quantitative estimate of drug-likeness (QED) is 0.672. The van der Waals surface area contributed by atoms with Gasteiger partial charge in [0.05, 0.1) is 10.0 Å². The van der Waals surface area contributed by atoms with Crippen molar-refractivity contribution in [2.75, 3.05) is 13.2 Å². The summed E-state index contributed by atoms with van der Waals surface area (Å²) < 4.78 is 32.1. The van der Waals surface area contributed by atoms with Gasteiger partial charge in [0.25, 0.3) is 11.8 Å². The molecule has 2 aromatic rings. The molecule has 0 aliphatic heterocycles. The van der Waals surface area contributed by atoms with E-state index in [1.54, 1.807) is 0 Å². The molecule has 0 unspecified atom stereocenters. The highest BCUT2D eigenvalue weighted by Gasteiger charge is 2.14. The van der Waals surface area contributed by atoms with Gasteiger partial charge in [-0.3, -0.25) is 9.59 Å². The average molecular weight is 430 g/mol. The molecule has 2 N–H and O–H groups in total. The zero-order valence-electron chi connectivity index (χ0n) is 14.4. The van der Waals surface area contributed by atoms with Crippen LogP contribution in [0.2, 0.25) is 10.0 Å². The highest BCUT2D eigenvalue weighted by molar-refractivity contribution is 6.30. The second kappa shape index (κ2) is 10.0. The Morgan fingerprint density at radius 1 is 1.18 bits per heavy atom. The molecule has 148 valence electrons. The Hall–Kier alpha value is -2.71. The third-order valence-corrected chi connectivity index (χ3v) is 3.84. The number of benzene rings is 1. The lowest BCUT2D eigenvalue weighted by molar-refractivity contribution is -0.123. The zero-order valence-corrected chi connectivity index (χ0v) is 15.9. The number of hydrogen-bond donors (Lipinski definition) is 2. The molecule has 0 aliphatic carbocycles. The van der Waals surface area contributed by atoms with Crippen molar-refractivity contribution < 1.29 is 23.1 Å². The van der Waals surface area contributed by atoms with Crippen molar-refractivity contribution >= 4 is 35.0 Å². The molecule has 0 spiro atoms. The van der Waals surface area contributed by atoms with Gasteiger partial charge < -0.3 is 15.4 Å². The van der Waals surface area contributed by atoms with Gasteiger partial charge in [0.2, 0.25) is 0 Å². The van der Waals surface area contributed by atoms with Crippen LogP contribution >= 0.6 is 23.2 Å². The molecule has 2 rings (SSSR count). The molecule has 1 heterocycles. The van der Waals surface area contributed by atoms with E-state index in [1.165, 1.54) is 12.1 Å². The van der Waals surface area contributed by atoms with Crippen molar-refractivity contribution in [3.63, 3.8) is 0 Å². The summed E-state index contributed by atoms with van der Waals surface area (Å²) in [5.41, 5.74) is -0.166. The SMILES string of the molecule is C=C(CCNC(=O)COc1ccc(Cl)c(F)c1)NC(=O)c1ncc(Cl)cc1F. The Morgan fingerprint density at radius 3 is 2.61 bits per heavy atom. The minimum absolute atomic E-state index is 0.0500. The van der Waals surface area contributed by atoms with Crippen molar-refractivity contribution in [2.24, 2.45) is 0 Å². The monoisotopic (exact) mass is 429 g/mol. The predicted octanol–water partition coefficient (Wildman–Crippen LogP) is 3.50. The highest BCUT2D eigenvalue weighted by Crippen LogP contribution is 2.20. The van der Waals surface area contributed by atoms with Crippen LogP contribution in [-0.4, -0.2) is 29.9 Å². The molecule has 0 atom stereocenters. The van der Waals surface area contributed by atoms with Crippen LogP contribution in [0.4, 0.5) is 8.78 Å². The number of pyridine rings is 1. The topological polar surface area (TPSA) is 80.3 Å². The standard InChI is InChI=1S/C18H15Cl2F2N3O3/c1-10(25-18(27)17-15(22)6-11(19)8-24-17)4-5-23-16(26)9-28-12-2-3-13(20)14(21)7-12/h2-3,6-8H,1,4-5,9H2,(H,23,26)(H,25,27). The van der Waals surface area contributed by atoms with Gasteiger partial charge in [-0.1, -0.05) is 29.8 Å². The Kier molecular flexibility index (Phi) is 7.71. The number of amides is 2. The highest BCUT2D eigenvalue weighted by atomic mass is 35.5. The molecular formula is C18H15Cl2F2N3O3. The summed E-state index contributed by atoms with van der Waals surface area (Å²) in [6.45, 7) is 3.44. The lowest BCUT2D eigenvalue weighted by Gasteiger charge is -2.10. The second-order valence-corrected chi connectivity index (χ2v) is 6.35. The molecule has 0 saturated heterocycles. The first-order valence-corrected chi connectivity index (χ1v) is 8.66. The smallest absolute Gasteiger partial charge is 0.277 e. The van der Waals surface area contributed by atoms with Crippen LogP contribution < -0.4 is 15.4 Å². The molecule has 1 aromatic heterocycles. The van der Waals surface area contributed by atoms with Crippen molar-refractivity contribution in [1.82, 2.24) is 15.6 Å². The fourth-order valence-electron chi connectivity index (χ4n) is 1.98. The molecule has 10 heteroatoms. The first-order chi connectivity index (χ1) is 13.3. The number of carbonyl (C=O) groups is 2. The molecule has 1 aromatic carbocycles. The number of rotatable bonds is 8. The van der Waals surface area contributed by atoms with Gasteiger partial charge in [-0.25, -0.2) is 13.8 Å². The first-order valence-electron chi connectivity index (χ1n) is 7.91. The Morgan fingerprint density at radius 2 is 1.93 bits per heavy atom. The van der Waals surface area contributed by atoms with E-state index in [1.807, 2.05) is 0 Å². The van der Waals surface area contributed by atoms with Crippen LogP contribution in [0.5, 0.6) is 5.75 Å². The van der Waals surface area contributed by atoms with Gasteiger partial charge >= 0.3 is 0 Å². The lowest BCUT2D eigenvalue weighted by atomic mass is 10.3. The summed E-state index contributed by atoms with van der Waals surface area (Å²) in [5, 5.41) is 4.94. The van der Waals surface area contributed by atoms with E-state index >= 15 is 0 Å². The molecule has 0 radical (unpaired) electrons. The Balaban J connectivity index is 1.71. The molecule has 0 fully saturated rings. The van der Waals surface area contributed by atoms with Crippen LogP contribution in [0.3, 0.4) is 0 Å². The summed E-state index contributed by atoms with van der Waals surface area (Å²) >= 11 is 11.1. The van der Waals surface area contributed by atoms with Gasteiger partial charge in [-0.15, -0.1) is 0 Å². The molecular weight excluding hydrogens is 415 g/mol. The van der Waals surface area contributed by atoms with Crippen LogP contribution in [-0.2, 0) is 4.79 Å². The maximum absolute atomic E-state index is 13.6. The minimum atomic E-state index is -0.859. The summed E-state index contributed by atoms with van der Waals surface area (Å²) in [6, 6.07) is 4.78. The van der Waals surface area contributed by atoms with Crippen molar-refractivity contribution in [3.8, 4) is 5.75 Å². The summed E-state index contributed by atoms with van der Waals surface area (Å²) in [5.74, 6) is -2.59. The van der Waals surface area contributed by atoms with E-state index in [0.717, 1.165) is 18.3 Å². The van der Waals surface area contributed by atoms with Crippen molar-refractivity contribution in [1.29, 1.82) is 0 Å². The fraction of sp³-hybridized carbons (Fsp3) is 0.167. The van der Waals surface area contributed by atoms with Crippen LogP contribution in [0, 0.1) is 11.6 Å². The van der Waals surface area contributed by atoms with E-state index in [2.05, 4.69) is 22.2 Å². The van der Waals surface area contributed by atoms with Gasteiger partial charge in [0.1, 0.15) is 11.6 Å². The number of nitrogens with one attached hydrogen (secondary N) is 2. The Labute approximate surface area is 169 Å². The van der Waals surface area contributed by atoms with Crippen LogP contribution in [0.1, 0.15) is 16.9 Å². The number of aromatic nitrogens is 1. The maximum Gasteiger partial charge on any atom is 0.277 e. The third kappa shape index (κ3) is 6.47. The van der Waals surface area contributed by atoms with Gasteiger partial charge in [-0.2, -0.15) is 0 Å². The number of ether oxygens (including phenoxy) is 1. The maximum atomic E-state index is 13.6. The number of halogens is 4. The number of carbonyl (C=O) groups excluding carboxylic acids is 2. The molecule has 6 nitrogen and oxygen atoms in total. The largest absolute Gasteiger partial charge is 0.484 e. The van der Waals surface area contributed by atoms with Gasteiger partial charge in [-0.05, 0) is 18.2 Å². The summed E-state index contributed by atoms with van der Waals surface area (Å²) in [6.07, 6.45) is 1.34. The molecule has 28 heavy (non-hydrogen) atoms. The second-order valence-electron chi connectivity index (χ2n) is 5.51. The number of hydrogen-bond acceptors (Lipinski definition) is 4. The van der Waals surface area contributed by atoms with E-state index in [0.29, 0.717) is 0 Å². The van der Waals surface area contributed by atoms with E-state index < -0.39 is 29.1 Å².